The number of nitrogens with zero attached hydrogens (tertiary/aromatic N) is 2. The first-order chi connectivity index (χ1) is 9.74. The third-order valence-electron chi connectivity index (χ3n) is 3.37. The van der Waals surface area contributed by atoms with Crippen molar-refractivity contribution in [3.63, 3.8) is 0 Å². The van der Waals surface area contributed by atoms with E-state index in [-0.39, 0.29) is 17.8 Å². The molecule has 104 valence electrons. The highest BCUT2D eigenvalue weighted by Crippen LogP contribution is 2.12. The predicted octanol–water partition coefficient (Wildman–Crippen LogP) is 1.10. The number of halogens is 1. The largest absolute Gasteiger partial charge is 0.347 e. The number of nitrogens with one attached hydrogen (secondary N) is 2. The van der Waals surface area contributed by atoms with Crippen molar-refractivity contribution >= 4 is 5.91 Å². The highest BCUT2D eigenvalue weighted by atomic mass is 19.1. The van der Waals surface area contributed by atoms with Crippen LogP contribution >= 0.6 is 0 Å². The second-order valence-corrected chi connectivity index (χ2v) is 4.79. The van der Waals surface area contributed by atoms with E-state index in [9.17, 15) is 9.18 Å². The van der Waals surface area contributed by atoms with Crippen LogP contribution in [0.4, 0.5) is 4.39 Å². The van der Waals surface area contributed by atoms with Gasteiger partial charge in [0, 0.05) is 18.3 Å². The summed E-state index contributed by atoms with van der Waals surface area (Å²) in [4.78, 5) is 16.3. The van der Waals surface area contributed by atoms with Gasteiger partial charge < -0.3 is 10.6 Å². The maximum absolute atomic E-state index is 12.9. The number of carbonyl (C=O) groups is 1. The Labute approximate surface area is 115 Å². The Bertz CT molecular complexity index is 602. The molecule has 1 fully saturated rings. The third kappa shape index (κ3) is 2.55. The Kier molecular flexibility index (Phi) is 3.47. The van der Waals surface area contributed by atoms with Gasteiger partial charge in [-0.2, -0.15) is 0 Å². The van der Waals surface area contributed by atoms with Crippen LogP contribution in [0.25, 0.3) is 5.69 Å². The standard InChI is InChI=1S/C14H15FN4O/c15-10-1-3-12(4-2-10)19-9-17-8-13(19)14(20)18-11-5-6-16-7-11/h1-4,8-9,11,16H,5-7H2,(H,18,20). The molecule has 1 aromatic heterocycles. The maximum atomic E-state index is 12.9. The number of hydrogen-bond acceptors (Lipinski definition) is 3. The van der Waals surface area contributed by atoms with Crippen molar-refractivity contribution in [2.24, 2.45) is 0 Å². The summed E-state index contributed by atoms with van der Waals surface area (Å²) >= 11 is 0. The molecule has 2 aromatic rings. The molecule has 1 saturated heterocycles. The maximum Gasteiger partial charge on any atom is 0.270 e. The summed E-state index contributed by atoms with van der Waals surface area (Å²) in [5.74, 6) is -0.475. The van der Waals surface area contributed by atoms with Crippen molar-refractivity contribution in [2.45, 2.75) is 12.5 Å². The summed E-state index contributed by atoms with van der Waals surface area (Å²) in [6.07, 6.45) is 3.99. The van der Waals surface area contributed by atoms with E-state index in [2.05, 4.69) is 15.6 Å². The molecule has 1 unspecified atom stereocenters. The lowest BCUT2D eigenvalue weighted by molar-refractivity contribution is 0.0933. The summed E-state index contributed by atoms with van der Waals surface area (Å²) in [5, 5.41) is 6.16. The summed E-state index contributed by atoms with van der Waals surface area (Å²) < 4.78 is 14.6. The van der Waals surface area contributed by atoms with Crippen LogP contribution in [0.2, 0.25) is 0 Å². The quantitative estimate of drug-likeness (QED) is 0.881. The molecule has 2 heterocycles. The first kappa shape index (κ1) is 12.8. The molecule has 0 spiro atoms. The van der Waals surface area contributed by atoms with Crippen LogP contribution in [0.15, 0.2) is 36.8 Å². The number of hydrogen-bond donors (Lipinski definition) is 2. The molecule has 0 bridgehead atoms. The normalized spacial score (nSPS) is 18.1. The second kappa shape index (κ2) is 5.42. The van der Waals surface area contributed by atoms with Crippen molar-refractivity contribution in [1.29, 1.82) is 0 Å². The van der Waals surface area contributed by atoms with Crippen LogP contribution in [0.1, 0.15) is 16.9 Å². The number of carbonyl (C=O) groups excluding carboxylic acids is 1. The van der Waals surface area contributed by atoms with Gasteiger partial charge in [0.05, 0.1) is 12.5 Å². The number of imidazole rings is 1. The summed E-state index contributed by atoms with van der Waals surface area (Å²) in [6.45, 7) is 1.71. The molecule has 1 amide bonds. The van der Waals surface area contributed by atoms with E-state index in [4.69, 9.17) is 0 Å². The molecule has 0 aliphatic carbocycles. The van der Waals surface area contributed by atoms with Gasteiger partial charge in [-0.05, 0) is 37.2 Å². The van der Waals surface area contributed by atoms with Gasteiger partial charge in [0.2, 0.25) is 0 Å². The lowest BCUT2D eigenvalue weighted by atomic mass is 10.2. The van der Waals surface area contributed by atoms with Crippen molar-refractivity contribution < 1.29 is 9.18 Å². The molecule has 5 nitrogen and oxygen atoms in total. The Morgan fingerprint density at radius 2 is 2.20 bits per heavy atom. The summed E-state index contributed by atoms with van der Waals surface area (Å²) in [7, 11) is 0. The predicted molar refractivity (Wildman–Crippen MR) is 72.3 cm³/mol. The van der Waals surface area contributed by atoms with Crippen molar-refractivity contribution in [2.75, 3.05) is 13.1 Å². The topological polar surface area (TPSA) is 59.0 Å². The van der Waals surface area contributed by atoms with Crippen molar-refractivity contribution in [3.05, 3.63) is 48.3 Å². The van der Waals surface area contributed by atoms with Crippen LogP contribution in [0, 0.1) is 5.82 Å². The van der Waals surface area contributed by atoms with E-state index >= 15 is 0 Å². The van der Waals surface area contributed by atoms with Gasteiger partial charge in [-0.3, -0.25) is 9.36 Å². The van der Waals surface area contributed by atoms with Crippen LogP contribution < -0.4 is 10.6 Å². The molecule has 6 heteroatoms. The molecular formula is C14H15FN4O. The van der Waals surface area contributed by atoms with Crippen molar-refractivity contribution in [3.8, 4) is 5.69 Å². The van der Waals surface area contributed by atoms with Gasteiger partial charge in [0.25, 0.3) is 5.91 Å². The average Bonchev–Trinajstić information content (AvgIpc) is 3.10. The van der Waals surface area contributed by atoms with Crippen LogP contribution in [0.5, 0.6) is 0 Å². The van der Waals surface area contributed by atoms with E-state index in [1.54, 1.807) is 23.0 Å². The molecule has 0 radical (unpaired) electrons. The van der Waals surface area contributed by atoms with Gasteiger partial charge in [0.1, 0.15) is 11.5 Å². The van der Waals surface area contributed by atoms with Gasteiger partial charge in [0.15, 0.2) is 0 Å². The van der Waals surface area contributed by atoms with Gasteiger partial charge >= 0.3 is 0 Å². The Hall–Kier alpha value is -2.21. The number of aromatic nitrogens is 2. The van der Waals surface area contributed by atoms with Crippen LogP contribution in [0.3, 0.4) is 0 Å². The van der Waals surface area contributed by atoms with E-state index in [1.165, 1.54) is 18.3 Å². The third-order valence-corrected chi connectivity index (χ3v) is 3.37. The van der Waals surface area contributed by atoms with Gasteiger partial charge in [-0.15, -0.1) is 0 Å². The highest BCUT2D eigenvalue weighted by Gasteiger charge is 2.20. The molecule has 0 saturated carbocycles. The highest BCUT2D eigenvalue weighted by molar-refractivity contribution is 5.93. The van der Waals surface area contributed by atoms with Crippen molar-refractivity contribution in [1.82, 2.24) is 20.2 Å². The van der Waals surface area contributed by atoms with Crippen LogP contribution in [-0.2, 0) is 0 Å². The average molecular weight is 274 g/mol. The van der Waals surface area contributed by atoms with E-state index in [0.29, 0.717) is 11.4 Å². The smallest absolute Gasteiger partial charge is 0.270 e. The molecule has 1 aliphatic rings. The Morgan fingerprint density at radius 1 is 1.40 bits per heavy atom. The first-order valence-electron chi connectivity index (χ1n) is 6.54. The zero-order chi connectivity index (χ0) is 13.9. The second-order valence-electron chi connectivity index (χ2n) is 4.79. The molecular weight excluding hydrogens is 259 g/mol. The lowest BCUT2D eigenvalue weighted by Gasteiger charge is -2.12. The lowest BCUT2D eigenvalue weighted by Crippen LogP contribution is -2.37. The number of rotatable bonds is 3. The van der Waals surface area contributed by atoms with Gasteiger partial charge in [-0.25, -0.2) is 9.37 Å². The summed E-state index contributed by atoms with van der Waals surface area (Å²) in [6, 6.07) is 6.10. The number of benzene rings is 1. The molecule has 1 aliphatic heterocycles. The molecule has 1 aromatic carbocycles. The van der Waals surface area contributed by atoms with Gasteiger partial charge in [-0.1, -0.05) is 0 Å². The molecule has 3 rings (SSSR count). The van der Waals surface area contributed by atoms with E-state index in [1.807, 2.05) is 0 Å². The molecule has 1 atom stereocenters. The first-order valence-corrected chi connectivity index (χ1v) is 6.54. The SMILES string of the molecule is O=C(NC1CCNC1)c1cncn1-c1ccc(F)cc1. The zero-order valence-corrected chi connectivity index (χ0v) is 10.8. The van der Waals surface area contributed by atoms with E-state index < -0.39 is 0 Å². The minimum absolute atomic E-state index is 0.152. The molecule has 2 N–H and O–H groups in total. The zero-order valence-electron chi connectivity index (χ0n) is 10.8. The number of amides is 1. The minimum Gasteiger partial charge on any atom is -0.347 e. The monoisotopic (exact) mass is 274 g/mol. The fraction of sp³-hybridized carbons (Fsp3) is 0.286. The minimum atomic E-state index is -0.308. The molecule has 20 heavy (non-hydrogen) atoms. The fourth-order valence-electron chi connectivity index (χ4n) is 2.31. The van der Waals surface area contributed by atoms with E-state index in [0.717, 1.165) is 19.5 Å². The Balaban J connectivity index is 1.82. The fourth-order valence-corrected chi connectivity index (χ4v) is 2.31. The summed E-state index contributed by atoms with van der Waals surface area (Å²) in [5.41, 5.74) is 1.15. The Morgan fingerprint density at radius 3 is 2.90 bits per heavy atom. The van der Waals surface area contributed by atoms with Crippen LogP contribution in [-0.4, -0.2) is 34.6 Å².